The number of amides is 1. The number of benzene rings is 3. The van der Waals surface area contributed by atoms with E-state index in [4.69, 9.17) is 4.74 Å². The van der Waals surface area contributed by atoms with Crippen LogP contribution in [0.4, 0.5) is 5.69 Å². The fourth-order valence-electron chi connectivity index (χ4n) is 3.13. The number of anilines is 1. The fraction of sp³-hybridized carbons (Fsp3) is 0.200. The molecular formula is C25H26N2O5S2. The number of thioether (sulfide) groups is 1. The zero-order chi connectivity index (χ0) is 24.4. The lowest BCUT2D eigenvalue weighted by molar-refractivity contribution is -0.149. The van der Waals surface area contributed by atoms with Crippen LogP contribution in [0.1, 0.15) is 6.42 Å². The number of carbonyl (C=O) groups excluding carboxylic acids is 2. The van der Waals surface area contributed by atoms with E-state index < -0.39 is 34.5 Å². The largest absolute Gasteiger partial charge is 0.454 e. The number of nitrogens with one attached hydrogen (secondary N) is 2. The Kier molecular flexibility index (Phi) is 9.26. The highest BCUT2D eigenvalue weighted by atomic mass is 32.2. The molecule has 0 aliphatic carbocycles. The Morgan fingerprint density at radius 2 is 1.47 bits per heavy atom. The Hall–Kier alpha value is -3.14. The van der Waals surface area contributed by atoms with Crippen molar-refractivity contribution in [2.75, 3.05) is 23.9 Å². The van der Waals surface area contributed by atoms with Gasteiger partial charge in [0, 0.05) is 5.69 Å². The molecule has 1 unspecified atom stereocenters. The molecule has 3 rings (SSSR count). The number of hydrogen-bond donors (Lipinski definition) is 2. The van der Waals surface area contributed by atoms with E-state index in [0.717, 1.165) is 11.1 Å². The highest BCUT2D eigenvalue weighted by Crippen LogP contribution is 2.21. The number of sulfonamides is 1. The summed E-state index contributed by atoms with van der Waals surface area (Å²) in [4.78, 5) is 24.9. The topological polar surface area (TPSA) is 102 Å². The van der Waals surface area contributed by atoms with Crippen LogP contribution in [0.2, 0.25) is 0 Å². The van der Waals surface area contributed by atoms with Crippen molar-refractivity contribution in [3.8, 4) is 11.1 Å². The molecule has 1 amide bonds. The first-order chi connectivity index (χ1) is 16.4. The van der Waals surface area contributed by atoms with Gasteiger partial charge in [0.25, 0.3) is 5.91 Å². The molecule has 0 bridgehead atoms. The molecule has 7 nitrogen and oxygen atoms in total. The average Bonchev–Trinajstić information content (AvgIpc) is 2.86. The lowest BCUT2D eigenvalue weighted by Crippen LogP contribution is -2.43. The number of hydrogen-bond acceptors (Lipinski definition) is 6. The average molecular weight is 499 g/mol. The molecule has 0 saturated heterocycles. The number of esters is 1. The van der Waals surface area contributed by atoms with Gasteiger partial charge in [0.05, 0.1) is 4.90 Å². The fourth-order valence-corrected chi connectivity index (χ4v) is 4.84. The normalized spacial score (nSPS) is 12.0. The molecular weight excluding hydrogens is 472 g/mol. The summed E-state index contributed by atoms with van der Waals surface area (Å²) in [5.74, 6) is -0.782. The molecule has 0 radical (unpaired) electrons. The van der Waals surface area contributed by atoms with Gasteiger partial charge in [-0.25, -0.2) is 8.42 Å². The molecule has 0 heterocycles. The predicted octanol–water partition coefficient (Wildman–Crippen LogP) is 3.94. The van der Waals surface area contributed by atoms with E-state index in [2.05, 4.69) is 10.0 Å². The third-order valence-corrected chi connectivity index (χ3v) is 7.00. The first kappa shape index (κ1) is 25.5. The monoisotopic (exact) mass is 498 g/mol. The van der Waals surface area contributed by atoms with Crippen molar-refractivity contribution in [1.82, 2.24) is 4.72 Å². The van der Waals surface area contributed by atoms with Gasteiger partial charge < -0.3 is 10.1 Å². The van der Waals surface area contributed by atoms with Crippen molar-refractivity contribution in [3.05, 3.63) is 84.9 Å². The van der Waals surface area contributed by atoms with Crippen LogP contribution in [0.15, 0.2) is 89.8 Å². The molecule has 9 heteroatoms. The van der Waals surface area contributed by atoms with Crippen molar-refractivity contribution in [2.24, 2.45) is 0 Å². The maximum Gasteiger partial charge on any atom is 0.324 e. The SMILES string of the molecule is CSCCC(NS(=O)(=O)c1ccccc1)C(=O)OCC(=O)Nc1ccc(-c2ccccc2)cc1. The molecule has 3 aromatic rings. The van der Waals surface area contributed by atoms with Crippen LogP contribution in [0.3, 0.4) is 0 Å². The van der Waals surface area contributed by atoms with Crippen LogP contribution < -0.4 is 10.0 Å². The Balaban J connectivity index is 1.56. The lowest BCUT2D eigenvalue weighted by Gasteiger charge is -2.17. The second kappa shape index (κ2) is 12.4. The molecule has 0 spiro atoms. The first-order valence-corrected chi connectivity index (χ1v) is 13.4. The molecule has 0 saturated carbocycles. The summed E-state index contributed by atoms with van der Waals surface area (Å²) in [6.45, 7) is -0.526. The molecule has 34 heavy (non-hydrogen) atoms. The van der Waals surface area contributed by atoms with Gasteiger partial charge in [0.1, 0.15) is 6.04 Å². The van der Waals surface area contributed by atoms with Crippen LogP contribution in [-0.4, -0.2) is 45.0 Å². The second-order valence-electron chi connectivity index (χ2n) is 7.37. The van der Waals surface area contributed by atoms with E-state index in [1.807, 2.05) is 48.7 Å². The van der Waals surface area contributed by atoms with Crippen LogP contribution in [0, 0.1) is 0 Å². The third-order valence-electron chi connectivity index (χ3n) is 4.87. The summed E-state index contributed by atoms with van der Waals surface area (Å²) in [6, 6.07) is 23.8. The van der Waals surface area contributed by atoms with Gasteiger partial charge in [-0.05, 0) is 53.8 Å². The van der Waals surface area contributed by atoms with E-state index in [-0.39, 0.29) is 11.3 Å². The summed E-state index contributed by atoms with van der Waals surface area (Å²) in [5, 5.41) is 2.67. The van der Waals surface area contributed by atoms with E-state index in [9.17, 15) is 18.0 Å². The summed E-state index contributed by atoms with van der Waals surface area (Å²) in [6.07, 6.45) is 2.08. The van der Waals surface area contributed by atoms with E-state index in [0.29, 0.717) is 11.4 Å². The van der Waals surface area contributed by atoms with Crippen LogP contribution in [0.25, 0.3) is 11.1 Å². The van der Waals surface area contributed by atoms with Crippen molar-refractivity contribution in [1.29, 1.82) is 0 Å². The Labute approximate surface area is 204 Å². The van der Waals surface area contributed by atoms with Gasteiger partial charge in [0.15, 0.2) is 6.61 Å². The molecule has 0 aliphatic heterocycles. The van der Waals surface area contributed by atoms with Gasteiger partial charge in [0.2, 0.25) is 10.0 Å². The second-order valence-corrected chi connectivity index (χ2v) is 10.1. The number of ether oxygens (including phenoxy) is 1. The van der Waals surface area contributed by atoms with Crippen LogP contribution >= 0.6 is 11.8 Å². The molecule has 178 valence electrons. The Morgan fingerprint density at radius 3 is 2.09 bits per heavy atom. The van der Waals surface area contributed by atoms with Gasteiger partial charge in [-0.1, -0.05) is 60.7 Å². The highest BCUT2D eigenvalue weighted by molar-refractivity contribution is 7.98. The van der Waals surface area contributed by atoms with E-state index >= 15 is 0 Å². The summed E-state index contributed by atoms with van der Waals surface area (Å²) < 4.78 is 32.7. The maximum absolute atomic E-state index is 12.6. The summed E-state index contributed by atoms with van der Waals surface area (Å²) in [7, 11) is -3.91. The molecule has 0 aromatic heterocycles. The zero-order valence-corrected chi connectivity index (χ0v) is 20.3. The predicted molar refractivity (Wildman–Crippen MR) is 135 cm³/mol. The number of carbonyl (C=O) groups is 2. The molecule has 0 fully saturated rings. The van der Waals surface area contributed by atoms with E-state index in [1.54, 1.807) is 30.3 Å². The lowest BCUT2D eigenvalue weighted by atomic mass is 10.1. The molecule has 0 aliphatic rings. The highest BCUT2D eigenvalue weighted by Gasteiger charge is 2.27. The minimum atomic E-state index is -3.91. The molecule has 1 atom stereocenters. The molecule has 3 aromatic carbocycles. The van der Waals surface area contributed by atoms with Crippen LogP contribution in [-0.2, 0) is 24.3 Å². The minimum Gasteiger partial charge on any atom is -0.454 e. The van der Waals surface area contributed by atoms with Crippen molar-refractivity contribution < 1.29 is 22.7 Å². The Morgan fingerprint density at radius 1 is 0.882 bits per heavy atom. The first-order valence-electron chi connectivity index (χ1n) is 10.6. The van der Waals surface area contributed by atoms with Crippen molar-refractivity contribution in [3.63, 3.8) is 0 Å². The van der Waals surface area contributed by atoms with Gasteiger partial charge in [-0.15, -0.1) is 0 Å². The minimum absolute atomic E-state index is 0.0497. The maximum atomic E-state index is 12.6. The van der Waals surface area contributed by atoms with Gasteiger partial charge in [-0.3, -0.25) is 9.59 Å². The standard InChI is InChI=1S/C25H26N2O5S2/c1-33-17-16-23(27-34(30,31)22-10-6-3-7-11-22)25(29)32-18-24(28)26-21-14-12-20(13-15-21)19-8-4-2-5-9-19/h2-15,23,27H,16-18H2,1H3,(H,26,28). The van der Waals surface area contributed by atoms with Crippen molar-refractivity contribution >= 4 is 39.3 Å². The van der Waals surface area contributed by atoms with E-state index in [1.165, 1.54) is 23.9 Å². The van der Waals surface area contributed by atoms with Gasteiger partial charge >= 0.3 is 5.97 Å². The quantitative estimate of drug-likeness (QED) is 0.389. The third kappa shape index (κ3) is 7.44. The number of rotatable bonds is 11. The van der Waals surface area contributed by atoms with Crippen molar-refractivity contribution in [2.45, 2.75) is 17.4 Å². The summed E-state index contributed by atoms with van der Waals surface area (Å²) >= 11 is 1.47. The van der Waals surface area contributed by atoms with Gasteiger partial charge in [-0.2, -0.15) is 16.5 Å². The van der Waals surface area contributed by atoms with Crippen LogP contribution in [0.5, 0.6) is 0 Å². The Bertz CT molecular complexity index is 1180. The smallest absolute Gasteiger partial charge is 0.324 e. The summed E-state index contributed by atoms with van der Waals surface area (Å²) in [5.41, 5.74) is 2.63. The molecule has 2 N–H and O–H groups in total. The zero-order valence-electron chi connectivity index (χ0n) is 18.6.